The highest BCUT2D eigenvalue weighted by atomic mass is 32.1. The van der Waals surface area contributed by atoms with Crippen LogP contribution in [0.3, 0.4) is 0 Å². The van der Waals surface area contributed by atoms with Gasteiger partial charge in [-0.1, -0.05) is 43.4 Å². The van der Waals surface area contributed by atoms with Gasteiger partial charge in [0.15, 0.2) is 5.13 Å². The first kappa shape index (κ1) is 27.0. The van der Waals surface area contributed by atoms with Gasteiger partial charge in [0.2, 0.25) is 0 Å². The Morgan fingerprint density at radius 2 is 1.98 bits per heavy atom. The third-order valence-electron chi connectivity index (χ3n) is 7.49. The van der Waals surface area contributed by atoms with Crippen molar-refractivity contribution in [1.82, 2.24) is 4.98 Å². The second-order valence-electron chi connectivity index (χ2n) is 11.2. The molecule has 2 aliphatic rings. The smallest absolute Gasteiger partial charge is 0.301 e. The van der Waals surface area contributed by atoms with Gasteiger partial charge in [0.1, 0.15) is 23.4 Å². The number of hydrogen-bond donors (Lipinski definition) is 1. The highest BCUT2D eigenvalue weighted by Gasteiger charge is 2.48. The number of nitrogens with zero attached hydrogens (tertiary/aromatic N) is 2. The topological polar surface area (TPSA) is 89.0 Å². The van der Waals surface area contributed by atoms with Gasteiger partial charge in [0.25, 0.3) is 5.78 Å². The van der Waals surface area contributed by atoms with Crippen molar-refractivity contribution < 1.29 is 24.2 Å². The standard InChI is InChI=1S/C33H32N2O5S/c1-18(2)12-13-39-24-7-5-6-21(17-24)29-28(30(36)22-9-11-26-23(16-22)15-20(4)40-26)31(37)32(38)35(29)33-34-25-10-8-19(3)14-27(25)41-33/h5-11,14,16-18,20,29,36H,12-13,15H2,1-4H3/b30-28+/t20-,29-/m0/s1. The Morgan fingerprint density at radius 3 is 2.78 bits per heavy atom. The summed E-state index contributed by atoms with van der Waals surface area (Å²) in [5.41, 5.74) is 3.92. The second-order valence-corrected chi connectivity index (χ2v) is 12.2. The number of carbonyl (C=O) groups is 2. The molecule has 41 heavy (non-hydrogen) atoms. The summed E-state index contributed by atoms with van der Waals surface area (Å²) >= 11 is 1.35. The van der Waals surface area contributed by atoms with Crippen molar-refractivity contribution >= 4 is 44.1 Å². The summed E-state index contributed by atoms with van der Waals surface area (Å²) in [6, 6.07) is 17.8. The first-order valence-electron chi connectivity index (χ1n) is 13.9. The van der Waals surface area contributed by atoms with Crippen LogP contribution in [0.15, 0.2) is 66.2 Å². The Morgan fingerprint density at radius 1 is 1.15 bits per heavy atom. The zero-order valence-electron chi connectivity index (χ0n) is 23.5. The van der Waals surface area contributed by atoms with E-state index in [-0.39, 0.29) is 17.4 Å². The van der Waals surface area contributed by atoms with E-state index in [9.17, 15) is 14.7 Å². The number of aliphatic hydroxyl groups excluding tert-OH is 1. The SMILES string of the molecule is Cc1ccc2nc(N3C(=O)C(=O)/C(=C(/O)c4ccc5c(c4)C[C@H](C)O5)[C@@H]3c3cccc(OCCC(C)C)c3)sc2c1. The maximum absolute atomic E-state index is 13.7. The largest absolute Gasteiger partial charge is 0.507 e. The van der Waals surface area contributed by atoms with Gasteiger partial charge >= 0.3 is 5.91 Å². The fourth-order valence-electron chi connectivity index (χ4n) is 5.38. The van der Waals surface area contributed by atoms with Gasteiger partial charge in [-0.3, -0.25) is 14.5 Å². The minimum atomic E-state index is -0.881. The number of carbonyl (C=O) groups excluding carboxylic acids is 2. The fraction of sp³-hybridized carbons (Fsp3) is 0.303. The first-order valence-corrected chi connectivity index (χ1v) is 14.7. The average Bonchev–Trinajstić information content (AvgIpc) is 3.60. The van der Waals surface area contributed by atoms with E-state index in [4.69, 9.17) is 14.5 Å². The van der Waals surface area contributed by atoms with Crippen LogP contribution in [0.2, 0.25) is 0 Å². The third-order valence-corrected chi connectivity index (χ3v) is 8.51. The predicted octanol–water partition coefficient (Wildman–Crippen LogP) is 6.98. The summed E-state index contributed by atoms with van der Waals surface area (Å²) in [5, 5.41) is 12.0. The number of ketones is 1. The minimum absolute atomic E-state index is 0.0247. The molecule has 0 unspecified atom stereocenters. The van der Waals surface area contributed by atoms with Gasteiger partial charge in [-0.25, -0.2) is 4.98 Å². The van der Waals surface area contributed by atoms with E-state index in [0.29, 0.717) is 41.0 Å². The Balaban J connectivity index is 1.48. The third kappa shape index (κ3) is 5.08. The zero-order chi connectivity index (χ0) is 28.8. The van der Waals surface area contributed by atoms with Gasteiger partial charge in [-0.2, -0.15) is 0 Å². The van der Waals surface area contributed by atoms with Crippen molar-refractivity contribution in [3.05, 3.63) is 88.5 Å². The van der Waals surface area contributed by atoms with Crippen LogP contribution in [0.4, 0.5) is 5.13 Å². The molecule has 0 spiro atoms. The normalized spacial score (nSPS) is 19.7. The molecule has 8 heteroatoms. The van der Waals surface area contributed by atoms with E-state index in [1.807, 2.05) is 62.4 Å². The molecule has 2 aliphatic heterocycles. The number of hydrogen-bond acceptors (Lipinski definition) is 7. The summed E-state index contributed by atoms with van der Waals surface area (Å²) in [4.78, 5) is 33.5. The predicted molar refractivity (Wildman–Crippen MR) is 161 cm³/mol. The van der Waals surface area contributed by atoms with Crippen molar-refractivity contribution in [2.45, 2.75) is 52.7 Å². The number of rotatable bonds is 7. The summed E-state index contributed by atoms with van der Waals surface area (Å²) in [6.07, 6.45) is 1.64. The molecular weight excluding hydrogens is 536 g/mol. The van der Waals surface area contributed by atoms with Crippen LogP contribution in [-0.2, 0) is 16.0 Å². The van der Waals surface area contributed by atoms with Crippen molar-refractivity contribution in [3.8, 4) is 11.5 Å². The Kier molecular flexibility index (Phi) is 7.03. The van der Waals surface area contributed by atoms with Crippen LogP contribution in [0.25, 0.3) is 16.0 Å². The van der Waals surface area contributed by atoms with E-state index >= 15 is 0 Å². The van der Waals surface area contributed by atoms with Gasteiger partial charge in [0.05, 0.1) is 28.4 Å². The number of aryl methyl sites for hydroxylation is 1. The summed E-state index contributed by atoms with van der Waals surface area (Å²) in [5.74, 6) is 0.199. The van der Waals surface area contributed by atoms with Crippen LogP contribution in [-0.4, -0.2) is 34.5 Å². The van der Waals surface area contributed by atoms with Gasteiger partial charge < -0.3 is 14.6 Å². The monoisotopic (exact) mass is 568 g/mol. The minimum Gasteiger partial charge on any atom is -0.507 e. The average molecular weight is 569 g/mol. The van der Waals surface area contributed by atoms with Crippen LogP contribution in [0.1, 0.15) is 55.5 Å². The number of amides is 1. The Labute approximate surface area is 243 Å². The summed E-state index contributed by atoms with van der Waals surface area (Å²) < 4.78 is 12.8. The van der Waals surface area contributed by atoms with Gasteiger partial charge in [0, 0.05) is 12.0 Å². The fourth-order valence-corrected chi connectivity index (χ4v) is 6.47. The molecular formula is C33H32N2O5S. The maximum atomic E-state index is 13.7. The van der Waals surface area contributed by atoms with Crippen LogP contribution in [0, 0.1) is 12.8 Å². The molecule has 3 heterocycles. The van der Waals surface area contributed by atoms with E-state index in [0.717, 1.165) is 33.5 Å². The number of aromatic nitrogens is 1. The van der Waals surface area contributed by atoms with Crippen molar-refractivity contribution in [3.63, 3.8) is 0 Å². The summed E-state index contributed by atoms with van der Waals surface area (Å²) in [7, 11) is 0. The Hall–Kier alpha value is -4.17. The second kappa shape index (κ2) is 10.7. The molecule has 0 saturated carbocycles. The molecule has 3 aromatic carbocycles. The molecule has 1 saturated heterocycles. The molecule has 6 rings (SSSR count). The van der Waals surface area contributed by atoms with E-state index in [2.05, 4.69) is 13.8 Å². The van der Waals surface area contributed by atoms with Crippen molar-refractivity contribution in [2.75, 3.05) is 11.5 Å². The lowest BCUT2D eigenvalue weighted by Crippen LogP contribution is -2.29. The number of Topliss-reactive ketones (excluding diaryl/α,β-unsaturated/α-hetero) is 1. The molecule has 0 aliphatic carbocycles. The van der Waals surface area contributed by atoms with E-state index in [1.54, 1.807) is 12.1 Å². The van der Waals surface area contributed by atoms with Gasteiger partial charge in [-0.15, -0.1) is 0 Å². The molecule has 0 radical (unpaired) electrons. The molecule has 1 fully saturated rings. The number of thiazole rings is 1. The number of benzene rings is 3. The molecule has 1 N–H and O–H groups in total. The number of aliphatic hydroxyl groups is 1. The maximum Gasteiger partial charge on any atom is 0.301 e. The molecule has 4 aromatic rings. The highest BCUT2D eigenvalue weighted by molar-refractivity contribution is 7.22. The molecule has 210 valence electrons. The molecule has 1 amide bonds. The van der Waals surface area contributed by atoms with Gasteiger partial charge in [-0.05, 0) is 85.3 Å². The zero-order valence-corrected chi connectivity index (χ0v) is 24.3. The molecule has 7 nitrogen and oxygen atoms in total. The lowest BCUT2D eigenvalue weighted by Gasteiger charge is -2.23. The van der Waals surface area contributed by atoms with E-state index < -0.39 is 17.7 Å². The van der Waals surface area contributed by atoms with Crippen LogP contribution in [0.5, 0.6) is 11.5 Å². The molecule has 1 aromatic heterocycles. The van der Waals surface area contributed by atoms with E-state index in [1.165, 1.54) is 16.2 Å². The van der Waals surface area contributed by atoms with Crippen LogP contribution < -0.4 is 14.4 Å². The van der Waals surface area contributed by atoms with Crippen molar-refractivity contribution in [2.24, 2.45) is 5.92 Å². The number of fused-ring (bicyclic) bond motifs is 2. The van der Waals surface area contributed by atoms with Crippen LogP contribution >= 0.6 is 11.3 Å². The lowest BCUT2D eigenvalue weighted by molar-refractivity contribution is -0.132. The number of anilines is 1. The molecule has 2 atom stereocenters. The Bertz CT molecular complexity index is 1710. The first-order chi connectivity index (χ1) is 19.7. The van der Waals surface area contributed by atoms with Crippen molar-refractivity contribution in [1.29, 1.82) is 0 Å². The quantitative estimate of drug-likeness (QED) is 0.147. The highest BCUT2D eigenvalue weighted by Crippen LogP contribution is 2.45. The lowest BCUT2D eigenvalue weighted by atomic mass is 9.94. The molecule has 0 bridgehead atoms. The number of ether oxygens (including phenoxy) is 2. The summed E-state index contributed by atoms with van der Waals surface area (Å²) in [6.45, 7) is 8.81.